The highest BCUT2D eigenvalue weighted by Crippen LogP contribution is 2.39. The number of aromatic nitrogens is 1. The van der Waals surface area contributed by atoms with Crippen LogP contribution in [0.5, 0.6) is 23.0 Å². The third kappa shape index (κ3) is 4.95. The van der Waals surface area contributed by atoms with Crippen molar-refractivity contribution in [1.29, 1.82) is 0 Å². The highest BCUT2D eigenvalue weighted by molar-refractivity contribution is 6.31. The van der Waals surface area contributed by atoms with Crippen LogP contribution in [-0.2, 0) is 6.54 Å². The van der Waals surface area contributed by atoms with Gasteiger partial charge in [-0.25, -0.2) is 4.79 Å². The molecule has 0 unspecified atom stereocenters. The lowest BCUT2D eigenvalue weighted by atomic mass is 10.1. The van der Waals surface area contributed by atoms with E-state index in [0.717, 1.165) is 22.1 Å². The molecule has 8 heteroatoms. The van der Waals surface area contributed by atoms with Crippen molar-refractivity contribution in [3.63, 3.8) is 0 Å². The van der Waals surface area contributed by atoms with Crippen molar-refractivity contribution in [1.82, 2.24) is 4.98 Å². The number of halogens is 1. The Balaban J connectivity index is 1.70. The van der Waals surface area contributed by atoms with E-state index in [4.69, 9.17) is 25.8 Å². The molecule has 0 aliphatic rings. The second-order valence-corrected chi connectivity index (χ2v) is 8.41. The Morgan fingerprint density at radius 1 is 0.943 bits per heavy atom. The Morgan fingerprint density at radius 2 is 1.66 bits per heavy atom. The average Bonchev–Trinajstić information content (AvgIpc) is 2.85. The Hall–Kier alpha value is -3.97. The molecular formula is C27H25ClN2O5. The van der Waals surface area contributed by atoms with Crippen molar-refractivity contribution in [2.24, 2.45) is 0 Å². The molecule has 0 aliphatic heterocycles. The van der Waals surface area contributed by atoms with E-state index in [9.17, 15) is 9.90 Å². The van der Waals surface area contributed by atoms with Crippen molar-refractivity contribution in [3.8, 4) is 23.0 Å². The highest BCUT2D eigenvalue weighted by Gasteiger charge is 2.20. The number of carboxylic acid groups (broad SMARTS) is 1. The van der Waals surface area contributed by atoms with Gasteiger partial charge in [0, 0.05) is 22.7 Å². The Bertz CT molecular complexity index is 1410. The lowest BCUT2D eigenvalue weighted by Gasteiger charge is -2.23. The van der Waals surface area contributed by atoms with Gasteiger partial charge in [0.1, 0.15) is 11.5 Å². The minimum atomic E-state index is -1.07. The molecular weight excluding hydrogens is 468 g/mol. The number of hydrogen-bond donors (Lipinski definition) is 1. The summed E-state index contributed by atoms with van der Waals surface area (Å²) in [7, 11) is 3.15. The second kappa shape index (κ2) is 10.1. The largest absolute Gasteiger partial charge is 0.493 e. The standard InChI is InChI=1S/C27H25ClN2O5/c1-16-12-24(35-23-9-10-29-21-14-26(34-4)25(33-3)13-19(21)23)17(2)11-22(16)30(27(31)32)15-18-7-5-6-8-20(18)28/h5-14H,15H2,1-4H3,(H,31,32). The number of fused-ring (bicyclic) bond motifs is 1. The minimum absolute atomic E-state index is 0.131. The molecule has 4 aromatic rings. The molecule has 0 atom stereocenters. The molecule has 3 aromatic carbocycles. The van der Waals surface area contributed by atoms with E-state index < -0.39 is 6.09 Å². The number of anilines is 1. The molecule has 0 aliphatic carbocycles. The van der Waals surface area contributed by atoms with E-state index in [2.05, 4.69) is 4.98 Å². The summed E-state index contributed by atoms with van der Waals surface area (Å²) < 4.78 is 17.1. The number of nitrogens with zero attached hydrogens (tertiary/aromatic N) is 2. The van der Waals surface area contributed by atoms with Crippen molar-refractivity contribution in [2.75, 3.05) is 19.1 Å². The van der Waals surface area contributed by atoms with Gasteiger partial charge in [-0.2, -0.15) is 0 Å². The molecule has 4 rings (SSSR count). The fourth-order valence-electron chi connectivity index (χ4n) is 3.88. The summed E-state index contributed by atoms with van der Waals surface area (Å²) in [6, 6.07) is 16.2. The first-order valence-electron chi connectivity index (χ1n) is 10.9. The zero-order chi connectivity index (χ0) is 25.1. The van der Waals surface area contributed by atoms with Gasteiger partial charge in [0.05, 0.1) is 32.0 Å². The fourth-order valence-corrected chi connectivity index (χ4v) is 4.08. The van der Waals surface area contributed by atoms with E-state index in [-0.39, 0.29) is 6.54 Å². The lowest BCUT2D eigenvalue weighted by molar-refractivity contribution is 0.201. The summed E-state index contributed by atoms with van der Waals surface area (Å²) in [5.74, 6) is 2.35. The Labute approximate surface area is 208 Å². The Kier molecular flexibility index (Phi) is 6.98. The van der Waals surface area contributed by atoms with Crippen LogP contribution in [0.1, 0.15) is 16.7 Å². The molecule has 0 fully saturated rings. The van der Waals surface area contributed by atoms with Gasteiger partial charge >= 0.3 is 6.09 Å². The minimum Gasteiger partial charge on any atom is -0.493 e. The van der Waals surface area contributed by atoms with Crippen molar-refractivity contribution < 1.29 is 24.1 Å². The van der Waals surface area contributed by atoms with Gasteiger partial charge in [-0.05, 0) is 60.9 Å². The van der Waals surface area contributed by atoms with Gasteiger partial charge in [-0.3, -0.25) is 9.88 Å². The number of aryl methyl sites for hydroxylation is 2. The molecule has 0 saturated carbocycles. The van der Waals surface area contributed by atoms with Gasteiger partial charge in [0.2, 0.25) is 0 Å². The average molecular weight is 493 g/mol. The van der Waals surface area contributed by atoms with Crippen molar-refractivity contribution >= 4 is 34.3 Å². The molecule has 180 valence electrons. The number of rotatable bonds is 7. The molecule has 1 N–H and O–H groups in total. The number of hydrogen-bond acceptors (Lipinski definition) is 5. The molecule has 0 saturated heterocycles. The first-order chi connectivity index (χ1) is 16.8. The molecule has 0 radical (unpaired) electrons. The number of ether oxygens (including phenoxy) is 3. The van der Waals surface area contributed by atoms with Crippen LogP contribution in [0, 0.1) is 13.8 Å². The number of pyridine rings is 1. The second-order valence-electron chi connectivity index (χ2n) is 8.00. The predicted octanol–water partition coefficient (Wildman–Crippen LogP) is 7.00. The van der Waals surface area contributed by atoms with E-state index in [1.165, 1.54) is 4.90 Å². The van der Waals surface area contributed by atoms with Crippen LogP contribution in [0.25, 0.3) is 10.9 Å². The van der Waals surface area contributed by atoms with E-state index >= 15 is 0 Å². The number of amides is 1. The smallest absolute Gasteiger partial charge is 0.412 e. The third-order valence-corrected chi connectivity index (χ3v) is 6.10. The molecule has 0 bridgehead atoms. The maximum Gasteiger partial charge on any atom is 0.412 e. The topological polar surface area (TPSA) is 81.1 Å². The van der Waals surface area contributed by atoms with Gasteiger partial charge < -0.3 is 19.3 Å². The summed E-state index contributed by atoms with van der Waals surface area (Å²) in [6.07, 6.45) is 0.595. The molecule has 1 amide bonds. The van der Waals surface area contributed by atoms with Gasteiger partial charge in [0.15, 0.2) is 11.5 Å². The quantitative estimate of drug-likeness (QED) is 0.299. The van der Waals surface area contributed by atoms with E-state index in [1.54, 1.807) is 38.6 Å². The summed E-state index contributed by atoms with van der Waals surface area (Å²) in [5, 5.41) is 11.2. The normalized spacial score (nSPS) is 10.8. The Morgan fingerprint density at radius 3 is 2.34 bits per heavy atom. The zero-order valence-electron chi connectivity index (χ0n) is 19.8. The molecule has 0 spiro atoms. The molecule has 7 nitrogen and oxygen atoms in total. The van der Waals surface area contributed by atoms with Gasteiger partial charge in [-0.15, -0.1) is 0 Å². The third-order valence-electron chi connectivity index (χ3n) is 5.73. The van der Waals surface area contributed by atoms with Crippen LogP contribution >= 0.6 is 11.6 Å². The summed E-state index contributed by atoms with van der Waals surface area (Å²) in [4.78, 5) is 17.8. The number of benzene rings is 3. The molecule has 1 heterocycles. The fraction of sp³-hybridized carbons (Fsp3) is 0.185. The van der Waals surface area contributed by atoms with E-state index in [0.29, 0.717) is 39.2 Å². The summed E-state index contributed by atoms with van der Waals surface area (Å²) in [6.45, 7) is 3.86. The first-order valence-corrected chi connectivity index (χ1v) is 11.2. The molecule has 35 heavy (non-hydrogen) atoms. The van der Waals surface area contributed by atoms with Crippen LogP contribution in [0.4, 0.5) is 10.5 Å². The monoisotopic (exact) mass is 492 g/mol. The highest BCUT2D eigenvalue weighted by atomic mass is 35.5. The van der Waals surface area contributed by atoms with Crippen LogP contribution in [-0.4, -0.2) is 30.4 Å². The zero-order valence-corrected chi connectivity index (χ0v) is 20.6. The summed E-state index contributed by atoms with van der Waals surface area (Å²) in [5.41, 5.74) is 3.51. The number of methoxy groups -OCH3 is 2. The van der Waals surface area contributed by atoms with Crippen LogP contribution in [0.15, 0.2) is 60.8 Å². The maximum absolute atomic E-state index is 12.1. The van der Waals surface area contributed by atoms with Crippen LogP contribution in [0.2, 0.25) is 5.02 Å². The maximum atomic E-state index is 12.1. The first kappa shape index (κ1) is 24.2. The van der Waals surface area contributed by atoms with Crippen molar-refractivity contribution in [2.45, 2.75) is 20.4 Å². The van der Waals surface area contributed by atoms with Crippen LogP contribution < -0.4 is 19.1 Å². The number of carbonyl (C=O) groups is 1. The van der Waals surface area contributed by atoms with Crippen molar-refractivity contribution in [3.05, 3.63) is 82.5 Å². The van der Waals surface area contributed by atoms with Gasteiger partial charge in [0.25, 0.3) is 0 Å². The van der Waals surface area contributed by atoms with Gasteiger partial charge in [-0.1, -0.05) is 29.8 Å². The SMILES string of the molecule is COc1cc2nccc(Oc3cc(C)c(N(Cc4ccccc4Cl)C(=O)O)cc3C)c2cc1OC. The van der Waals surface area contributed by atoms with Crippen LogP contribution in [0.3, 0.4) is 0 Å². The molecule has 1 aromatic heterocycles. The summed E-state index contributed by atoms with van der Waals surface area (Å²) >= 11 is 6.27. The van der Waals surface area contributed by atoms with E-state index in [1.807, 2.05) is 50.2 Å². The lowest BCUT2D eigenvalue weighted by Crippen LogP contribution is -2.29. The predicted molar refractivity (Wildman–Crippen MR) is 136 cm³/mol.